The molecule has 0 spiro atoms. The summed E-state index contributed by atoms with van der Waals surface area (Å²) in [5.41, 5.74) is 4.91. The molecule has 0 saturated carbocycles. The second kappa shape index (κ2) is 9.53. The van der Waals surface area contributed by atoms with Gasteiger partial charge in [0.05, 0.1) is 22.6 Å². The van der Waals surface area contributed by atoms with Crippen molar-refractivity contribution in [2.24, 2.45) is 4.99 Å². The van der Waals surface area contributed by atoms with Gasteiger partial charge in [0.25, 0.3) is 5.69 Å². The molecule has 1 aromatic heterocycles. The molecule has 3 aromatic carbocycles. The van der Waals surface area contributed by atoms with Crippen LogP contribution in [-0.2, 0) is 6.42 Å². The fourth-order valence-corrected chi connectivity index (χ4v) is 4.15. The molecular formula is C25H21N3O3S. The van der Waals surface area contributed by atoms with Crippen LogP contribution in [0.15, 0.2) is 77.8 Å². The minimum atomic E-state index is -0.397. The molecule has 0 atom stereocenters. The van der Waals surface area contributed by atoms with Crippen molar-refractivity contribution in [3.05, 3.63) is 94.0 Å². The number of aromatic nitrogens is 1. The summed E-state index contributed by atoms with van der Waals surface area (Å²) in [4.78, 5) is 20.9. The van der Waals surface area contributed by atoms with Crippen LogP contribution in [0.3, 0.4) is 0 Å². The molecule has 1 heterocycles. The molecule has 0 radical (unpaired) electrons. The van der Waals surface area contributed by atoms with Crippen LogP contribution in [0.4, 0.5) is 10.8 Å². The summed E-state index contributed by atoms with van der Waals surface area (Å²) in [7, 11) is 1.63. The van der Waals surface area contributed by atoms with Crippen molar-refractivity contribution in [1.82, 2.24) is 4.98 Å². The van der Waals surface area contributed by atoms with E-state index in [-0.39, 0.29) is 5.69 Å². The maximum absolute atomic E-state index is 11.0. The Labute approximate surface area is 190 Å². The molecule has 0 fully saturated rings. The molecule has 0 aliphatic carbocycles. The van der Waals surface area contributed by atoms with Gasteiger partial charge < -0.3 is 4.74 Å². The maximum Gasteiger partial charge on any atom is 0.269 e. The van der Waals surface area contributed by atoms with Gasteiger partial charge in [-0.3, -0.25) is 10.1 Å². The predicted molar refractivity (Wildman–Crippen MR) is 129 cm³/mol. The van der Waals surface area contributed by atoms with E-state index in [1.54, 1.807) is 25.5 Å². The first kappa shape index (κ1) is 21.4. The summed E-state index contributed by atoms with van der Waals surface area (Å²) in [6, 6.07) is 22.5. The number of ether oxygens (including phenoxy) is 1. The summed E-state index contributed by atoms with van der Waals surface area (Å²) in [5, 5.41) is 11.6. The Kier molecular flexibility index (Phi) is 6.37. The number of methoxy groups -OCH3 is 1. The Morgan fingerprint density at radius 2 is 1.66 bits per heavy atom. The van der Waals surface area contributed by atoms with E-state index in [2.05, 4.69) is 36.2 Å². The van der Waals surface area contributed by atoms with E-state index in [1.165, 1.54) is 29.0 Å². The van der Waals surface area contributed by atoms with Gasteiger partial charge in [0, 0.05) is 23.9 Å². The quantitative estimate of drug-likeness (QED) is 0.181. The summed E-state index contributed by atoms with van der Waals surface area (Å²) < 4.78 is 5.19. The Balaban J connectivity index is 1.73. The van der Waals surface area contributed by atoms with Gasteiger partial charge >= 0.3 is 0 Å². The van der Waals surface area contributed by atoms with Gasteiger partial charge in [0.2, 0.25) is 5.13 Å². The van der Waals surface area contributed by atoms with Gasteiger partial charge in [0.15, 0.2) is 0 Å². The summed E-state index contributed by atoms with van der Waals surface area (Å²) >= 11 is 1.45. The number of rotatable bonds is 7. The van der Waals surface area contributed by atoms with Gasteiger partial charge in [-0.2, -0.15) is 0 Å². The number of aryl methyl sites for hydroxylation is 1. The van der Waals surface area contributed by atoms with Crippen LogP contribution in [0.25, 0.3) is 21.7 Å². The fraction of sp³-hybridized carbons (Fsp3) is 0.120. The van der Waals surface area contributed by atoms with Crippen LogP contribution in [0, 0.1) is 10.1 Å². The monoisotopic (exact) mass is 443 g/mol. The number of nitro benzene ring substituents is 1. The predicted octanol–water partition coefficient (Wildman–Crippen LogP) is 6.71. The van der Waals surface area contributed by atoms with Crippen molar-refractivity contribution in [2.75, 3.05) is 7.11 Å². The summed E-state index contributed by atoms with van der Waals surface area (Å²) in [6.07, 6.45) is 2.73. The fourth-order valence-electron chi connectivity index (χ4n) is 3.21. The molecule has 0 unspecified atom stereocenters. The first-order valence-electron chi connectivity index (χ1n) is 10.1. The molecule has 0 aliphatic rings. The second-order valence-electron chi connectivity index (χ2n) is 7.06. The number of nitro groups is 1. The van der Waals surface area contributed by atoms with Gasteiger partial charge in [-0.25, -0.2) is 9.98 Å². The van der Waals surface area contributed by atoms with E-state index in [1.807, 2.05) is 24.3 Å². The highest BCUT2D eigenvalue weighted by Gasteiger charge is 2.16. The molecule has 7 heteroatoms. The van der Waals surface area contributed by atoms with Crippen molar-refractivity contribution in [2.45, 2.75) is 13.3 Å². The van der Waals surface area contributed by atoms with Crippen molar-refractivity contribution < 1.29 is 9.66 Å². The highest BCUT2D eigenvalue weighted by molar-refractivity contribution is 7.19. The number of benzene rings is 3. The lowest BCUT2D eigenvalue weighted by Crippen LogP contribution is -1.88. The van der Waals surface area contributed by atoms with E-state index in [0.29, 0.717) is 5.13 Å². The summed E-state index contributed by atoms with van der Waals surface area (Å²) in [6.45, 7) is 2.12. The number of non-ortho nitro benzene ring substituents is 1. The second-order valence-corrected chi connectivity index (χ2v) is 8.04. The largest absolute Gasteiger partial charge is 0.497 e. The van der Waals surface area contributed by atoms with Gasteiger partial charge in [-0.05, 0) is 59.5 Å². The molecule has 4 rings (SSSR count). The van der Waals surface area contributed by atoms with E-state index in [4.69, 9.17) is 9.72 Å². The van der Waals surface area contributed by atoms with E-state index < -0.39 is 4.92 Å². The Morgan fingerprint density at radius 3 is 2.25 bits per heavy atom. The molecule has 0 saturated heterocycles. The van der Waals surface area contributed by atoms with Crippen LogP contribution >= 0.6 is 11.3 Å². The zero-order valence-corrected chi connectivity index (χ0v) is 18.5. The number of hydrogen-bond donors (Lipinski definition) is 0. The lowest BCUT2D eigenvalue weighted by Gasteiger charge is -2.04. The lowest BCUT2D eigenvalue weighted by atomic mass is 10.0. The standard InChI is InChI=1S/C25H21N3O3S/c1-3-17-4-8-19(9-5-17)23-24(20-10-12-21(13-11-20)28(29)30)32-25(27-23)26-16-18-6-14-22(31-2)15-7-18/h4-16H,3H2,1-2H3. The lowest BCUT2D eigenvalue weighted by molar-refractivity contribution is -0.384. The zero-order chi connectivity index (χ0) is 22.5. The molecule has 32 heavy (non-hydrogen) atoms. The first-order valence-corrected chi connectivity index (χ1v) is 10.9. The van der Waals surface area contributed by atoms with Crippen LogP contribution in [0.5, 0.6) is 5.75 Å². The average Bonchev–Trinajstić information content (AvgIpc) is 3.27. The third kappa shape index (κ3) is 4.73. The highest BCUT2D eigenvalue weighted by Crippen LogP contribution is 2.40. The van der Waals surface area contributed by atoms with Crippen molar-refractivity contribution in [3.8, 4) is 27.4 Å². The van der Waals surface area contributed by atoms with E-state index in [0.717, 1.165) is 39.4 Å². The van der Waals surface area contributed by atoms with E-state index >= 15 is 0 Å². The molecule has 4 aromatic rings. The van der Waals surface area contributed by atoms with E-state index in [9.17, 15) is 10.1 Å². The minimum absolute atomic E-state index is 0.0601. The smallest absolute Gasteiger partial charge is 0.269 e. The number of hydrogen-bond acceptors (Lipinski definition) is 6. The van der Waals surface area contributed by atoms with Gasteiger partial charge in [-0.15, -0.1) is 0 Å². The van der Waals surface area contributed by atoms with Gasteiger partial charge in [-0.1, -0.05) is 42.5 Å². The SMILES string of the molecule is CCc1ccc(-c2nc(N=Cc3ccc(OC)cc3)sc2-c2ccc([N+](=O)[O-])cc2)cc1. The molecule has 0 bridgehead atoms. The topological polar surface area (TPSA) is 77.6 Å². The van der Waals surface area contributed by atoms with Crippen molar-refractivity contribution >= 4 is 28.4 Å². The van der Waals surface area contributed by atoms with Crippen molar-refractivity contribution in [3.63, 3.8) is 0 Å². The first-order chi connectivity index (χ1) is 15.6. The Morgan fingerprint density at radius 1 is 1.00 bits per heavy atom. The number of aliphatic imine (C=N–C) groups is 1. The normalized spacial score (nSPS) is 11.1. The number of thiazole rings is 1. The third-order valence-corrected chi connectivity index (χ3v) is 6.04. The molecule has 0 aliphatic heterocycles. The average molecular weight is 444 g/mol. The molecular weight excluding hydrogens is 422 g/mol. The van der Waals surface area contributed by atoms with Crippen LogP contribution in [0.1, 0.15) is 18.1 Å². The highest BCUT2D eigenvalue weighted by atomic mass is 32.1. The Hall–Kier alpha value is -3.84. The van der Waals surface area contributed by atoms with Crippen LogP contribution in [0.2, 0.25) is 0 Å². The minimum Gasteiger partial charge on any atom is -0.497 e. The number of nitrogens with zero attached hydrogens (tertiary/aromatic N) is 3. The Bertz CT molecular complexity index is 1250. The molecule has 0 amide bonds. The maximum atomic E-state index is 11.0. The molecule has 6 nitrogen and oxygen atoms in total. The van der Waals surface area contributed by atoms with Crippen LogP contribution in [-0.4, -0.2) is 23.2 Å². The zero-order valence-electron chi connectivity index (χ0n) is 17.7. The summed E-state index contributed by atoms with van der Waals surface area (Å²) in [5.74, 6) is 0.787. The van der Waals surface area contributed by atoms with Crippen molar-refractivity contribution in [1.29, 1.82) is 0 Å². The van der Waals surface area contributed by atoms with Crippen LogP contribution < -0.4 is 4.74 Å². The third-order valence-electron chi connectivity index (χ3n) is 5.03. The molecule has 160 valence electrons. The van der Waals surface area contributed by atoms with Gasteiger partial charge in [0.1, 0.15) is 5.75 Å². The molecule has 0 N–H and O–H groups in total.